The van der Waals surface area contributed by atoms with Crippen LogP contribution in [0.1, 0.15) is 6.92 Å². The zero-order valence-electron chi connectivity index (χ0n) is 12.0. The molecule has 0 saturated carbocycles. The monoisotopic (exact) mass is 385 g/mol. The highest BCUT2D eigenvalue weighted by Crippen LogP contribution is 2.25. The minimum absolute atomic E-state index is 0.0765. The van der Waals surface area contributed by atoms with Gasteiger partial charge >= 0.3 is 0 Å². The first kappa shape index (κ1) is 15.4. The molecule has 0 aliphatic carbocycles. The van der Waals surface area contributed by atoms with E-state index in [1.807, 2.05) is 19.1 Å². The third kappa shape index (κ3) is 2.75. The molecule has 0 bridgehead atoms. The van der Waals surface area contributed by atoms with E-state index in [1.165, 1.54) is 10.6 Å². The van der Waals surface area contributed by atoms with Gasteiger partial charge in [0.05, 0.1) is 6.33 Å². The normalized spacial score (nSPS) is 20.3. The molecule has 3 rings (SSSR count). The van der Waals surface area contributed by atoms with Gasteiger partial charge in [-0.1, -0.05) is 0 Å². The molecule has 22 heavy (non-hydrogen) atoms. The van der Waals surface area contributed by atoms with Crippen LogP contribution < -0.4 is 4.90 Å². The third-order valence-electron chi connectivity index (χ3n) is 3.74. The number of sulfonamides is 1. The second kappa shape index (κ2) is 5.98. The SMILES string of the molecule is CC1CN(S(=O)(=O)c2[nH]cnc2Br)CCN1c1ccncc1. The minimum atomic E-state index is -3.56. The Kier molecular flexibility index (Phi) is 4.20. The van der Waals surface area contributed by atoms with Crippen LogP contribution in [-0.2, 0) is 10.0 Å². The summed E-state index contributed by atoms with van der Waals surface area (Å²) in [6, 6.07) is 3.95. The van der Waals surface area contributed by atoms with Crippen LogP contribution in [0.15, 0.2) is 40.5 Å². The quantitative estimate of drug-likeness (QED) is 0.864. The van der Waals surface area contributed by atoms with Crippen LogP contribution in [0.3, 0.4) is 0 Å². The molecular formula is C13H16BrN5O2S. The lowest BCUT2D eigenvalue weighted by Gasteiger charge is -2.40. The molecule has 7 nitrogen and oxygen atoms in total. The maximum atomic E-state index is 12.7. The summed E-state index contributed by atoms with van der Waals surface area (Å²) in [6.45, 7) is 3.51. The van der Waals surface area contributed by atoms with Gasteiger partial charge in [-0.15, -0.1) is 0 Å². The van der Waals surface area contributed by atoms with Gasteiger partial charge in [0.15, 0.2) is 5.03 Å². The topological polar surface area (TPSA) is 82.2 Å². The molecule has 1 atom stereocenters. The van der Waals surface area contributed by atoms with Gasteiger partial charge in [-0.25, -0.2) is 13.4 Å². The summed E-state index contributed by atoms with van der Waals surface area (Å²) in [7, 11) is -3.56. The van der Waals surface area contributed by atoms with Crippen LogP contribution in [0.5, 0.6) is 0 Å². The Bertz CT molecular complexity index is 749. The Labute approximate surface area is 137 Å². The Morgan fingerprint density at radius 2 is 2.05 bits per heavy atom. The van der Waals surface area contributed by atoms with Crippen molar-refractivity contribution in [2.24, 2.45) is 0 Å². The zero-order chi connectivity index (χ0) is 15.7. The maximum Gasteiger partial charge on any atom is 0.261 e. The smallest absolute Gasteiger partial charge is 0.261 e. The number of halogens is 1. The number of aromatic amines is 1. The fraction of sp³-hybridized carbons (Fsp3) is 0.385. The van der Waals surface area contributed by atoms with Gasteiger partial charge in [-0.05, 0) is 35.0 Å². The molecule has 1 fully saturated rings. The fourth-order valence-corrected chi connectivity index (χ4v) is 4.93. The number of hydrogen-bond acceptors (Lipinski definition) is 5. The number of nitrogens with zero attached hydrogens (tertiary/aromatic N) is 4. The van der Waals surface area contributed by atoms with E-state index in [1.54, 1.807) is 12.4 Å². The second-order valence-electron chi connectivity index (χ2n) is 5.13. The number of rotatable bonds is 3. The summed E-state index contributed by atoms with van der Waals surface area (Å²) in [6.07, 6.45) is 4.85. The number of piperazine rings is 1. The molecule has 9 heteroatoms. The molecule has 1 N–H and O–H groups in total. The molecule has 0 aromatic carbocycles. The molecular weight excluding hydrogens is 370 g/mol. The highest BCUT2D eigenvalue weighted by molar-refractivity contribution is 9.10. The first-order valence-corrected chi connectivity index (χ1v) is 9.09. The predicted molar refractivity (Wildman–Crippen MR) is 86.1 cm³/mol. The van der Waals surface area contributed by atoms with Crippen LogP contribution >= 0.6 is 15.9 Å². The van der Waals surface area contributed by atoms with Gasteiger partial charge in [0.2, 0.25) is 0 Å². The van der Waals surface area contributed by atoms with Crippen molar-refractivity contribution in [2.75, 3.05) is 24.5 Å². The van der Waals surface area contributed by atoms with Crippen LogP contribution in [0.25, 0.3) is 0 Å². The molecule has 2 aromatic heterocycles. The van der Waals surface area contributed by atoms with Crippen molar-refractivity contribution in [1.82, 2.24) is 19.3 Å². The van der Waals surface area contributed by atoms with E-state index in [9.17, 15) is 8.42 Å². The summed E-state index contributed by atoms with van der Waals surface area (Å²) in [5.41, 5.74) is 1.06. The van der Waals surface area contributed by atoms with Gasteiger partial charge in [0.25, 0.3) is 10.0 Å². The van der Waals surface area contributed by atoms with E-state index in [0.717, 1.165) is 5.69 Å². The van der Waals surface area contributed by atoms with Gasteiger partial charge < -0.3 is 9.88 Å². The first-order valence-electron chi connectivity index (χ1n) is 6.86. The molecule has 118 valence electrons. The standard InChI is InChI=1S/C13H16BrN5O2S/c1-10-8-18(22(20,21)13-12(14)16-9-17-13)6-7-19(10)11-2-4-15-5-3-11/h2-5,9-10H,6-8H2,1H3,(H,16,17). The molecule has 1 saturated heterocycles. The maximum absolute atomic E-state index is 12.7. The summed E-state index contributed by atoms with van der Waals surface area (Å²) in [4.78, 5) is 12.8. The molecule has 3 heterocycles. The van der Waals surface area contributed by atoms with E-state index in [-0.39, 0.29) is 11.1 Å². The van der Waals surface area contributed by atoms with Gasteiger partial charge in [-0.3, -0.25) is 4.98 Å². The summed E-state index contributed by atoms with van der Waals surface area (Å²) >= 11 is 3.17. The lowest BCUT2D eigenvalue weighted by atomic mass is 10.2. The second-order valence-corrected chi connectivity index (χ2v) is 7.76. The summed E-state index contributed by atoms with van der Waals surface area (Å²) in [5.74, 6) is 0. The van der Waals surface area contributed by atoms with Crippen LogP contribution in [0.2, 0.25) is 0 Å². The largest absolute Gasteiger partial charge is 0.366 e. The van der Waals surface area contributed by atoms with Crippen LogP contribution in [-0.4, -0.2) is 53.4 Å². The highest BCUT2D eigenvalue weighted by Gasteiger charge is 2.34. The number of H-pyrrole nitrogens is 1. The number of hydrogen-bond donors (Lipinski definition) is 1. The average Bonchev–Trinajstić information content (AvgIpc) is 2.95. The first-order chi connectivity index (χ1) is 10.5. The van der Waals surface area contributed by atoms with Gasteiger partial charge in [0.1, 0.15) is 4.60 Å². The Hall–Kier alpha value is -1.45. The molecule has 1 aliphatic rings. The van der Waals surface area contributed by atoms with Gasteiger partial charge in [-0.2, -0.15) is 4.31 Å². The van der Waals surface area contributed by atoms with Crippen molar-refractivity contribution < 1.29 is 8.42 Å². The van der Waals surface area contributed by atoms with Crippen LogP contribution in [0.4, 0.5) is 5.69 Å². The van der Waals surface area contributed by atoms with Crippen molar-refractivity contribution in [3.05, 3.63) is 35.5 Å². The van der Waals surface area contributed by atoms with E-state index in [0.29, 0.717) is 24.2 Å². The number of imidazole rings is 1. The number of pyridine rings is 1. The number of nitrogens with one attached hydrogen (secondary N) is 1. The highest BCUT2D eigenvalue weighted by atomic mass is 79.9. The van der Waals surface area contributed by atoms with E-state index < -0.39 is 10.0 Å². The molecule has 0 radical (unpaired) electrons. The molecule has 2 aromatic rings. The van der Waals surface area contributed by atoms with E-state index in [4.69, 9.17) is 0 Å². The van der Waals surface area contributed by atoms with Gasteiger partial charge in [0, 0.05) is 43.8 Å². The van der Waals surface area contributed by atoms with Crippen molar-refractivity contribution in [3.63, 3.8) is 0 Å². The minimum Gasteiger partial charge on any atom is -0.366 e. The zero-order valence-corrected chi connectivity index (χ0v) is 14.4. The lowest BCUT2D eigenvalue weighted by Crippen LogP contribution is -2.53. The van der Waals surface area contributed by atoms with Crippen molar-refractivity contribution >= 4 is 31.6 Å². The van der Waals surface area contributed by atoms with E-state index in [2.05, 4.69) is 35.8 Å². The fourth-order valence-electron chi connectivity index (χ4n) is 2.64. The van der Waals surface area contributed by atoms with Crippen molar-refractivity contribution in [1.29, 1.82) is 0 Å². The molecule has 0 spiro atoms. The summed E-state index contributed by atoms with van der Waals surface area (Å²) in [5, 5.41) is 0.108. The van der Waals surface area contributed by atoms with E-state index >= 15 is 0 Å². The van der Waals surface area contributed by atoms with Crippen LogP contribution in [0, 0.1) is 0 Å². The average molecular weight is 386 g/mol. The molecule has 0 amide bonds. The van der Waals surface area contributed by atoms with Crippen molar-refractivity contribution in [3.8, 4) is 0 Å². The van der Waals surface area contributed by atoms with Crippen molar-refractivity contribution in [2.45, 2.75) is 18.0 Å². The molecule has 1 unspecified atom stereocenters. The third-order valence-corrected chi connectivity index (χ3v) is 6.45. The Morgan fingerprint density at radius 1 is 1.32 bits per heavy atom. The Balaban J connectivity index is 1.80. The number of aromatic nitrogens is 3. The summed E-state index contributed by atoms with van der Waals surface area (Å²) < 4.78 is 27.1. The molecule has 1 aliphatic heterocycles. The lowest BCUT2D eigenvalue weighted by molar-refractivity contribution is 0.341. The Morgan fingerprint density at radius 3 is 2.64 bits per heavy atom. The number of anilines is 1. The predicted octanol–water partition coefficient (Wildman–Crippen LogP) is 1.47.